The standard InChI is InChI=1S/C18H22F4N4O2/c1-8-14-11(16(27)24-17(28)26(14)10-2-3-10)4-13(19)15(8)25-6-9(5-23)12(7-25)18(20,21)22/h4,9-10,12-13,15H,2-3,5-7,23H2,1H3,(H,24,27,28). The van der Waals surface area contributed by atoms with Gasteiger partial charge in [0.05, 0.1) is 22.5 Å². The Hall–Kier alpha value is -1.94. The highest BCUT2D eigenvalue weighted by Crippen LogP contribution is 2.39. The number of rotatable bonds is 3. The summed E-state index contributed by atoms with van der Waals surface area (Å²) in [7, 11) is 0. The van der Waals surface area contributed by atoms with Crippen LogP contribution in [0.3, 0.4) is 0 Å². The second kappa shape index (κ2) is 6.55. The van der Waals surface area contributed by atoms with Gasteiger partial charge in [-0.3, -0.25) is 19.2 Å². The molecule has 1 aromatic rings. The Morgan fingerprint density at radius 1 is 1.25 bits per heavy atom. The molecular formula is C18H22F4N4O2. The van der Waals surface area contributed by atoms with Gasteiger partial charge in [0.1, 0.15) is 6.17 Å². The van der Waals surface area contributed by atoms with Gasteiger partial charge in [-0.1, -0.05) is 0 Å². The number of halogens is 4. The average Bonchev–Trinajstić information content (AvgIpc) is 3.33. The maximum atomic E-state index is 15.0. The summed E-state index contributed by atoms with van der Waals surface area (Å²) in [6.07, 6.45) is -3.40. The Kier molecular flexibility index (Phi) is 4.53. The number of nitrogens with one attached hydrogen (secondary N) is 1. The average molecular weight is 402 g/mol. The number of alkyl halides is 4. The fraction of sp³-hybridized carbons (Fsp3) is 0.667. The molecule has 1 saturated carbocycles. The smallest absolute Gasteiger partial charge is 0.330 e. The molecule has 0 bridgehead atoms. The predicted molar refractivity (Wildman–Crippen MR) is 94.7 cm³/mol. The second-order valence-electron chi connectivity index (χ2n) is 7.96. The van der Waals surface area contributed by atoms with Gasteiger partial charge in [0.25, 0.3) is 5.56 Å². The number of H-pyrrole nitrogens is 1. The number of fused-ring (bicyclic) bond motifs is 1. The molecule has 3 N–H and O–H groups in total. The highest BCUT2D eigenvalue weighted by molar-refractivity contribution is 5.56. The van der Waals surface area contributed by atoms with E-state index >= 15 is 4.39 Å². The fourth-order valence-corrected chi connectivity index (χ4v) is 4.65. The lowest BCUT2D eigenvalue weighted by atomic mass is 9.95. The summed E-state index contributed by atoms with van der Waals surface area (Å²) < 4.78 is 56.6. The van der Waals surface area contributed by atoms with Crippen molar-refractivity contribution in [3.8, 4) is 0 Å². The molecule has 28 heavy (non-hydrogen) atoms. The molecule has 6 nitrogen and oxygen atoms in total. The number of hydrogen-bond acceptors (Lipinski definition) is 4. The quantitative estimate of drug-likeness (QED) is 0.675. The lowest BCUT2D eigenvalue weighted by molar-refractivity contribution is -0.179. The largest absolute Gasteiger partial charge is 0.393 e. The summed E-state index contributed by atoms with van der Waals surface area (Å²) >= 11 is 0. The Morgan fingerprint density at radius 3 is 2.46 bits per heavy atom. The van der Waals surface area contributed by atoms with Crippen molar-refractivity contribution >= 4 is 11.6 Å². The molecule has 154 valence electrons. The van der Waals surface area contributed by atoms with E-state index in [-0.39, 0.29) is 30.9 Å². The molecule has 2 aliphatic carbocycles. The first-order valence-electron chi connectivity index (χ1n) is 9.35. The lowest BCUT2D eigenvalue weighted by Gasteiger charge is -2.32. The van der Waals surface area contributed by atoms with E-state index in [4.69, 9.17) is 5.73 Å². The summed E-state index contributed by atoms with van der Waals surface area (Å²) in [5.41, 5.74) is 4.72. The van der Waals surface area contributed by atoms with E-state index in [1.807, 2.05) is 0 Å². The lowest BCUT2D eigenvalue weighted by Crippen LogP contribution is -2.60. The van der Waals surface area contributed by atoms with Crippen molar-refractivity contribution < 1.29 is 17.6 Å². The van der Waals surface area contributed by atoms with Gasteiger partial charge in [-0.05, 0) is 43.9 Å². The van der Waals surface area contributed by atoms with Crippen LogP contribution in [0.5, 0.6) is 0 Å². The maximum absolute atomic E-state index is 15.0. The fourth-order valence-electron chi connectivity index (χ4n) is 4.65. The van der Waals surface area contributed by atoms with E-state index in [2.05, 4.69) is 4.98 Å². The maximum Gasteiger partial charge on any atom is 0.393 e. The van der Waals surface area contributed by atoms with Crippen LogP contribution in [-0.4, -0.2) is 52.5 Å². The number of nitrogens with zero attached hydrogens (tertiary/aromatic N) is 2. The number of nitrogens with two attached hydrogens (primary N) is 1. The zero-order chi connectivity index (χ0) is 20.4. The molecule has 2 fully saturated rings. The van der Waals surface area contributed by atoms with Crippen molar-refractivity contribution in [1.29, 1.82) is 0 Å². The third-order valence-electron chi connectivity index (χ3n) is 6.12. The molecule has 0 spiro atoms. The summed E-state index contributed by atoms with van der Waals surface area (Å²) in [5.74, 6) is -2.44. The molecule has 0 amide bonds. The number of likely N-dealkylation sites (tertiary alicyclic amines) is 1. The molecule has 1 saturated heterocycles. The second-order valence-corrected chi connectivity index (χ2v) is 7.96. The van der Waals surface area contributed by atoms with Crippen LogP contribution in [0.4, 0.5) is 17.6 Å². The molecule has 4 atom stereocenters. The minimum atomic E-state index is -4.41. The zero-order valence-electron chi connectivity index (χ0n) is 15.3. The third-order valence-corrected chi connectivity index (χ3v) is 6.12. The molecule has 10 heteroatoms. The van der Waals surface area contributed by atoms with Crippen LogP contribution in [0.15, 0.2) is 9.59 Å². The normalized spacial score (nSPS) is 31.0. The molecule has 1 aliphatic heterocycles. The highest BCUT2D eigenvalue weighted by Gasteiger charge is 2.51. The van der Waals surface area contributed by atoms with E-state index in [0.717, 1.165) is 18.9 Å². The molecule has 1 aromatic heterocycles. The minimum absolute atomic E-state index is 0.0170. The molecular weight excluding hydrogens is 380 g/mol. The summed E-state index contributed by atoms with van der Waals surface area (Å²) in [5, 5.41) is 0.421. The van der Waals surface area contributed by atoms with Gasteiger partial charge in [0.2, 0.25) is 0 Å². The number of aromatic nitrogens is 2. The van der Waals surface area contributed by atoms with Crippen molar-refractivity contribution in [2.45, 2.75) is 44.2 Å². The van der Waals surface area contributed by atoms with Gasteiger partial charge in [0, 0.05) is 19.1 Å². The van der Waals surface area contributed by atoms with Gasteiger partial charge in [0.15, 0.2) is 0 Å². The molecule has 0 radical (unpaired) electrons. The van der Waals surface area contributed by atoms with E-state index in [1.165, 1.54) is 9.47 Å². The van der Waals surface area contributed by atoms with E-state index in [0.29, 0.717) is 10.9 Å². The summed E-state index contributed by atoms with van der Waals surface area (Å²) in [6.45, 7) is 1.12. The van der Waals surface area contributed by atoms with Crippen molar-refractivity contribution in [3.05, 3.63) is 31.4 Å². The van der Waals surface area contributed by atoms with E-state index in [9.17, 15) is 22.8 Å². The molecule has 4 rings (SSSR count). The highest BCUT2D eigenvalue weighted by atomic mass is 19.4. The van der Waals surface area contributed by atoms with E-state index < -0.39 is 41.5 Å². The Bertz CT molecular complexity index is 1020. The van der Waals surface area contributed by atoms with Gasteiger partial charge in [-0.25, -0.2) is 9.18 Å². The van der Waals surface area contributed by atoms with Crippen molar-refractivity contribution in [1.82, 2.24) is 14.5 Å². The number of aromatic amines is 1. The van der Waals surface area contributed by atoms with Crippen LogP contribution in [0.25, 0.3) is 11.6 Å². The van der Waals surface area contributed by atoms with E-state index in [1.54, 1.807) is 6.92 Å². The molecule has 0 aromatic carbocycles. The van der Waals surface area contributed by atoms with Crippen LogP contribution in [0, 0.1) is 11.8 Å². The minimum Gasteiger partial charge on any atom is -0.330 e. The van der Waals surface area contributed by atoms with Crippen molar-refractivity contribution in [2.75, 3.05) is 19.6 Å². The number of hydrogen-bond donors (Lipinski definition) is 2. The summed E-state index contributed by atoms with van der Waals surface area (Å²) in [4.78, 5) is 28.2. The Labute approximate surface area is 157 Å². The van der Waals surface area contributed by atoms with Gasteiger partial charge < -0.3 is 5.73 Å². The monoisotopic (exact) mass is 402 g/mol. The summed E-state index contributed by atoms with van der Waals surface area (Å²) in [6, 6.07) is -1.03. The Balaban J connectivity index is 1.84. The van der Waals surface area contributed by atoms with Crippen molar-refractivity contribution in [3.63, 3.8) is 0 Å². The third kappa shape index (κ3) is 3.02. The van der Waals surface area contributed by atoms with Gasteiger partial charge in [-0.15, -0.1) is 0 Å². The molecule has 4 unspecified atom stereocenters. The zero-order valence-corrected chi connectivity index (χ0v) is 15.3. The first kappa shape index (κ1) is 19.4. The van der Waals surface area contributed by atoms with Crippen LogP contribution in [0.2, 0.25) is 0 Å². The Morgan fingerprint density at radius 2 is 1.93 bits per heavy atom. The van der Waals surface area contributed by atoms with Crippen LogP contribution in [-0.2, 0) is 0 Å². The van der Waals surface area contributed by atoms with Crippen molar-refractivity contribution in [2.24, 2.45) is 17.6 Å². The van der Waals surface area contributed by atoms with Crippen LogP contribution in [0.1, 0.15) is 25.8 Å². The SMILES string of the molecule is CC1=c2c(c(=O)[nH]c(=O)n2C2CC2)=CC(F)C1N1CC(CN)C(C(F)(F)F)C1. The van der Waals surface area contributed by atoms with Crippen LogP contribution >= 0.6 is 0 Å². The van der Waals surface area contributed by atoms with Gasteiger partial charge in [-0.2, -0.15) is 13.2 Å². The predicted octanol–water partition coefficient (Wildman–Crippen LogP) is -0.388. The first-order valence-corrected chi connectivity index (χ1v) is 9.35. The molecule has 2 heterocycles. The first-order chi connectivity index (χ1) is 13.1. The van der Waals surface area contributed by atoms with Gasteiger partial charge >= 0.3 is 11.9 Å². The van der Waals surface area contributed by atoms with Crippen LogP contribution < -0.4 is 27.6 Å². The topological polar surface area (TPSA) is 84.1 Å². The molecule has 3 aliphatic rings.